The quantitative estimate of drug-likeness (QED) is 0.834. The number of methoxy groups -OCH3 is 1. The molecule has 0 spiro atoms. The Morgan fingerprint density at radius 2 is 2.19 bits per heavy atom. The third kappa shape index (κ3) is 2.67. The summed E-state index contributed by atoms with van der Waals surface area (Å²) >= 11 is 5.93. The highest BCUT2D eigenvalue weighted by atomic mass is 35.5. The van der Waals surface area contributed by atoms with Crippen molar-refractivity contribution in [1.82, 2.24) is 0 Å². The minimum atomic E-state index is -0.993. The van der Waals surface area contributed by atoms with Crippen molar-refractivity contribution in [3.8, 4) is 5.75 Å². The Labute approximate surface area is 101 Å². The first-order valence-electron chi connectivity index (χ1n) is 5.34. The normalized spacial score (nSPS) is 14.6. The van der Waals surface area contributed by atoms with E-state index in [2.05, 4.69) is 0 Å². The van der Waals surface area contributed by atoms with Crippen molar-refractivity contribution in [3.05, 3.63) is 28.8 Å². The van der Waals surface area contributed by atoms with Crippen LogP contribution in [-0.4, -0.2) is 18.8 Å². The van der Waals surface area contributed by atoms with E-state index in [9.17, 15) is 5.11 Å². The second kappa shape index (κ2) is 5.53. The fourth-order valence-corrected chi connectivity index (χ4v) is 1.92. The van der Waals surface area contributed by atoms with Gasteiger partial charge in [-0.2, -0.15) is 0 Å². The van der Waals surface area contributed by atoms with Gasteiger partial charge in [-0.15, -0.1) is 0 Å². The third-order valence-electron chi connectivity index (χ3n) is 2.69. The van der Waals surface area contributed by atoms with E-state index in [1.165, 1.54) is 0 Å². The van der Waals surface area contributed by atoms with E-state index < -0.39 is 5.60 Å². The largest absolute Gasteiger partial charge is 0.495 e. The number of rotatable bonds is 5. The number of aliphatic hydroxyl groups is 1. The third-order valence-corrected chi connectivity index (χ3v) is 3.00. The van der Waals surface area contributed by atoms with E-state index in [0.29, 0.717) is 17.2 Å². The van der Waals surface area contributed by atoms with Crippen LogP contribution < -0.4 is 10.5 Å². The van der Waals surface area contributed by atoms with Crippen LogP contribution in [0.2, 0.25) is 5.02 Å². The summed E-state index contributed by atoms with van der Waals surface area (Å²) in [6.45, 7) is 2.19. The van der Waals surface area contributed by atoms with Crippen molar-refractivity contribution >= 4 is 11.6 Å². The molecule has 0 heterocycles. The number of hydrogen-bond acceptors (Lipinski definition) is 3. The molecule has 0 saturated heterocycles. The van der Waals surface area contributed by atoms with Gasteiger partial charge in [0, 0.05) is 6.54 Å². The zero-order chi connectivity index (χ0) is 12.2. The van der Waals surface area contributed by atoms with Crippen molar-refractivity contribution < 1.29 is 9.84 Å². The number of benzene rings is 1. The van der Waals surface area contributed by atoms with Gasteiger partial charge >= 0.3 is 0 Å². The molecule has 1 atom stereocenters. The molecule has 0 bridgehead atoms. The average molecular weight is 244 g/mol. The van der Waals surface area contributed by atoms with E-state index in [1.54, 1.807) is 25.3 Å². The van der Waals surface area contributed by atoms with Crippen LogP contribution >= 0.6 is 11.6 Å². The van der Waals surface area contributed by atoms with Crippen LogP contribution in [0.25, 0.3) is 0 Å². The van der Waals surface area contributed by atoms with Crippen LogP contribution in [0, 0.1) is 0 Å². The highest BCUT2D eigenvalue weighted by molar-refractivity contribution is 6.32. The monoisotopic (exact) mass is 243 g/mol. The SMILES string of the molecule is CCCC(O)(CN)c1ccc(Cl)c(OC)c1. The summed E-state index contributed by atoms with van der Waals surface area (Å²) in [5, 5.41) is 10.9. The topological polar surface area (TPSA) is 55.5 Å². The number of ether oxygens (including phenoxy) is 1. The summed E-state index contributed by atoms with van der Waals surface area (Å²) in [6.07, 6.45) is 1.48. The van der Waals surface area contributed by atoms with Crippen LogP contribution in [0.4, 0.5) is 0 Å². The van der Waals surface area contributed by atoms with Gasteiger partial charge in [-0.25, -0.2) is 0 Å². The zero-order valence-electron chi connectivity index (χ0n) is 9.66. The molecule has 16 heavy (non-hydrogen) atoms. The molecule has 1 aromatic carbocycles. The van der Waals surface area contributed by atoms with Gasteiger partial charge in [0.1, 0.15) is 11.4 Å². The molecule has 0 aliphatic heterocycles. The molecule has 0 amide bonds. The predicted molar refractivity (Wildman–Crippen MR) is 65.9 cm³/mol. The maximum atomic E-state index is 10.4. The minimum Gasteiger partial charge on any atom is -0.495 e. The standard InChI is InChI=1S/C12H18ClNO2/c1-3-6-12(15,8-14)9-4-5-10(13)11(7-9)16-2/h4-5,7,15H,3,6,8,14H2,1-2H3. The molecule has 3 nitrogen and oxygen atoms in total. The Morgan fingerprint density at radius 3 is 2.69 bits per heavy atom. The van der Waals surface area contributed by atoms with Gasteiger partial charge in [0.05, 0.1) is 12.1 Å². The van der Waals surface area contributed by atoms with Crippen molar-refractivity contribution in [2.24, 2.45) is 5.73 Å². The summed E-state index contributed by atoms with van der Waals surface area (Å²) in [5.41, 5.74) is 5.39. The molecule has 0 radical (unpaired) electrons. The number of hydrogen-bond donors (Lipinski definition) is 2. The van der Waals surface area contributed by atoms with Gasteiger partial charge in [0.25, 0.3) is 0 Å². The number of halogens is 1. The molecule has 1 rings (SSSR count). The van der Waals surface area contributed by atoms with Crippen molar-refractivity contribution in [1.29, 1.82) is 0 Å². The maximum Gasteiger partial charge on any atom is 0.137 e. The van der Waals surface area contributed by atoms with E-state index >= 15 is 0 Å². The summed E-state index contributed by atoms with van der Waals surface area (Å²) in [4.78, 5) is 0. The molecule has 0 aliphatic rings. The van der Waals surface area contributed by atoms with E-state index in [-0.39, 0.29) is 6.54 Å². The first-order chi connectivity index (χ1) is 7.57. The second-order valence-electron chi connectivity index (χ2n) is 3.84. The lowest BCUT2D eigenvalue weighted by Crippen LogP contribution is -2.34. The molecular formula is C12H18ClNO2. The molecule has 0 aromatic heterocycles. The van der Waals surface area contributed by atoms with E-state index in [1.807, 2.05) is 6.92 Å². The number of nitrogens with two attached hydrogens (primary N) is 1. The Hall–Kier alpha value is -0.770. The van der Waals surface area contributed by atoms with Crippen LogP contribution in [0.15, 0.2) is 18.2 Å². The minimum absolute atomic E-state index is 0.186. The summed E-state index contributed by atoms with van der Waals surface area (Å²) in [6, 6.07) is 5.24. The highest BCUT2D eigenvalue weighted by Gasteiger charge is 2.27. The average Bonchev–Trinajstić information content (AvgIpc) is 2.29. The van der Waals surface area contributed by atoms with Crippen molar-refractivity contribution in [2.45, 2.75) is 25.4 Å². The van der Waals surface area contributed by atoms with E-state index in [0.717, 1.165) is 12.0 Å². The van der Waals surface area contributed by atoms with Gasteiger partial charge in [0.15, 0.2) is 0 Å². The van der Waals surface area contributed by atoms with Gasteiger partial charge in [0.2, 0.25) is 0 Å². The first kappa shape index (κ1) is 13.3. The van der Waals surface area contributed by atoms with Crippen LogP contribution in [-0.2, 0) is 5.60 Å². The van der Waals surface area contributed by atoms with Gasteiger partial charge in [-0.3, -0.25) is 0 Å². The maximum absolute atomic E-state index is 10.4. The van der Waals surface area contributed by atoms with Gasteiger partial charge in [-0.1, -0.05) is 31.0 Å². The molecular weight excluding hydrogens is 226 g/mol. The molecule has 1 unspecified atom stereocenters. The summed E-state index contributed by atoms with van der Waals surface area (Å²) in [5.74, 6) is 0.558. The van der Waals surface area contributed by atoms with E-state index in [4.69, 9.17) is 22.1 Å². The highest BCUT2D eigenvalue weighted by Crippen LogP contribution is 2.32. The molecule has 3 N–H and O–H groups in total. The second-order valence-corrected chi connectivity index (χ2v) is 4.24. The Morgan fingerprint density at radius 1 is 1.50 bits per heavy atom. The van der Waals surface area contributed by atoms with Crippen molar-refractivity contribution in [2.75, 3.05) is 13.7 Å². The van der Waals surface area contributed by atoms with Crippen molar-refractivity contribution in [3.63, 3.8) is 0 Å². The first-order valence-corrected chi connectivity index (χ1v) is 5.71. The Kier molecular flexibility index (Phi) is 4.59. The molecule has 90 valence electrons. The Balaban J connectivity index is 3.10. The van der Waals surface area contributed by atoms with Crippen LogP contribution in [0.3, 0.4) is 0 Å². The van der Waals surface area contributed by atoms with Gasteiger partial charge < -0.3 is 15.6 Å². The molecule has 4 heteroatoms. The Bertz CT molecular complexity index is 357. The molecule has 0 saturated carbocycles. The lowest BCUT2D eigenvalue weighted by atomic mass is 9.89. The fourth-order valence-electron chi connectivity index (χ4n) is 1.73. The smallest absolute Gasteiger partial charge is 0.137 e. The fraction of sp³-hybridized carbons (Fsp3) is 0.500. The molecule has 0 fully saturated rings. The lowest BCUT2D eigenvalue weighted by molar-refractivity contribution is 0.0357. The van der Waals surface area contributed by atoms with Gasteiger partial charge in [-0.05, 0) is 24.1 Å². The predicted octanol–water partition coefficient (Wildman–Crippen LogP) is 2.29. The molecule has 1 aromatic rings. The van der Waals surface area contributed by atoms with Crippen LogP contribution in [0.1, 0.15) is 25.3 Å². The molecule has 0 aliphatic carbocycles. The van der Waals surface area contributed by atoms with Crippen LogP contribution in [0.5, 0.6) is 5.75 Å². The lowest BCUT2D eigenvalue weighted by Gasteiger charge is -2.27. The summed E-state index contributed by atoms with van der Waals surface area (Å²) in [7, 11) is 1.55. The summed E-state index contributed by atoms with van der Waals surface area (Å²) < 4.78 is 5.12. The zero-order valence-corrected chi connectivity index (χ0v) is 10.4.